The Labute approximate surface area is 168 Å². The van der Waals surface area contributed by atoms with Gasteiger partial charge in [-0.1, -0.05) is 36.4 Å². The van der Waals surface area contributed by atoms with Crippen molar-refractivity contribution in [3.8, 4) is 5.75 Å². The zero-order valence-corrected chi connectivity index (χ0v) is 16.3. The van der Waals surface area contributed by atoms with E-state index in [4.69, 9.17) is 17.0 Å². The zero-order valence-electron chi connectivity index (χ0n) is 14.7. The first kappa shape index (κ1) is 19.1. The lowest BCUT2D eigenvalue weighted by Gasteiger charge is -2.10. The van der Waals surface area contributed by atoms with Crippen molar-refractivity contribution in [3.05, 3.63) is 82.6 Å². The van der Waals surface area contributed by atoms with Gasteiger partial charge in [-0.2, -0.15) is 0 Å². The highest BCUT2D eigenvalue weighted by molar-refractivity contribution is 7.80. The third-order valence-electron chi connectivity index (χ3n) is 3.81. The molecule has 1 heterocycles. The molecule has 6 heteroatoms. The normalized spacial score (nSPS) is 10.2. The van der Waals surface area contributed by atoms with E-state index in [0.717, 1.165) is 24.3 Å². The van der Waals surface area contributed by atoms with Gasteiger partial charge in [0, 0.05) is 5.69 Å². The van der Waals surface area contributed by atoms with E-state index in [1.807, 2.05) is 41.8 Å². The van der Waals surface area contributed by atoms with Gasteiger partial charge in [0.15, 0.2) is 5.11 Å². The minimum atomic E-state index is -0.208. The van der Waals surface area contributed by atoms with E-state index in [1.54, 1.807) is 6.07 Å². The molecule has 0 saturated heterocycles. The molecule has 0 fully saturated rings. The van der Waals surface area contributed by atoms with E-state index in [2.05, 4.69) is 34.9 Å². The largest absolute Gasteiger partial charge is 0.494 e. The number of nitrogens with one attached hydrogen (secondary N) is 2. The molecule has 1 amide bonds. The predicted octanol–water partition coefficient (Wildman–Crippen LogP) is 4.89. The van der Waals surface area contributed by atoms with Gasteiger partial charge < -0.3 is 10.1 Å². The molecule has 27 heavy (non-hydrogen) atoms. The summed E-state index contributed by atoms with van der Waals surface area (Å²) in [5, 5.41) is 7.78. The number of rotatable bonds is 7. The number of thiocarbonyl (C=S) groups is 1. The van der Waals surface area contributed by atoms with Crippen molar-refractivity contribution in [2.75, 3.05) is 11.9 Å². The summed E-state index contributed by atoms with van der Waals surface area (Å²) in [6.45, 7) is 0.664. The fourth-order valence-corrected chi connectivity index (χ4v) is 3.31. The monoisotopic (exact) mass is 396 g/mol. The third kappa shape index (κ3) is 6.20. The van der Waals surface area contributed by atoms with E-state index in [-0.39, 0.29) is 11.0 Å². The number of thiophene rings is 1. The molecule has 0 aliphatic heterocycles. The zero-order chi connectivity index (χ0) is 18.9. The van der Waals surface area contributed by atoms with E-state index in [0.29, 0.717) is 11.5 Å². The molecule has 0 spiro atoms. The topological polar surface area (TPSA) is 50.4 Å². The summed E-state index contributed by atoms with van der Waals surface area (Å²) >= 11 is 6.55. The van der Waals surface area contributed by atoms with Crippen molar-refractivity contribution in [1.82, 2.24) is 5.32 Å². The van der Waals surface area contributed by atoms with Gasteiger partial charge >= 0.3 is 0 Å². The molecule has 0 saturated carbocycles. The Morgan fingerprint density at radius 3 is 2.48 bits per heavy atom. The number of carbonyl (C=O) groups is 1. The van der Waals surface area contributed by atoms with Gasteiger partial charge in [0.25, 0.3) is 5.91 Å². The lowest BCUT2D eigenvalue weighted by atomic mass is 10.1. The number of benzene rings is 2. The number of amides is 1. The van der Waals surface area contributed by atoms with Crippen LogP contribution in [0.4, 0.5) is 5.69 Å². The standard InChI is InChI=1S/C21H20N2O2S2/c24-20(19-9-5-15-27-19)23-21(26)22-17-10-12-18(13-11-17)25-14-4-8-16-6-2-1-3-7-16/h1-3,5-7,9-13,15H,4,8,14H2,(H2,22,23,24,26). The highest BCUT2D eigenvalue weighted by Crippen LogP contribution is 2.16. The average molecular weight is 397 g/mol. The second-order valence-corrected chi connectivity index (χ2v) is 7.20. The Balaban J connectivity index is 1.40. The number of hydrogen-bond acceptors (Lipinski definition) is 4. The van der Waals surface area contributed by atoms with Gasteiger partial charge in [0.2, 0.25) is 0 Å². The highest BCUT2D eigenvalue weighted by Gasteiger charge is 2.08. The number of aryl methyl sites for hydroxylation is 1. The van der Waals surface area contributed by atoms with Crippen LogP contribution >= 0.6 is 23.6 Å². The summed E-state index contributed by atoms with van der Waals surface area (Å²) in [7, 11) is 0. The van der Waals surface area contributed by atoms with Crippen LogP contribution in [-0.4, -0.2) is 17.6 Å². The third-order valence-corrected chi connectivity index (χ3v) is 4.88. The van der Waals surface area contributed by atoms with E-state index >= 15 is 0 Å². The van der Waals surface area contributed by atoms with Gasteiger partial charge in [-0.25, -0.2) is 0 Å². The quantitative estimate of drug-likeness (QED) is 0.441. The first-order chi connectivity index (χ1) is 13.2. The summed E-state index contributed by atoms with van der Waals surface area (Å²) in [4.78, 5) is 12.6. The molecule has 3 rings (SSSR count). The molecule has 2 aromatic carbocycles. The maximum Gasteiger partial charge on any atom is 0.267 e. The SMILES string of the molecule is O=C(NC(=S)Nc1ccc(OCCCc2ccccc2)cc1)c1cccs1. The van der Waals surface area contributed by atoms with Crippen LogP contribution in [0.3, 0.4) is 0 Å². The maximum atomic E-state index is 12.0. The molecule has 0 atom stereocenters. The molecule has 0 aliphatic rings. The first-order valence-corrected chi connectivity index (χ1v) is 9.92. The molecule has 0 radical (unpaired) electrons. The molecule has 0 unspecified atom stereocenters. The van der Waals surface area contributed by atoms with Crippen LogP contribution in [-0.2, 0) is 6.42 Å². The summed E-state index contributed by atoms with van der Waals surface area (Å²) < 4.78 is 5.77. The Morgan fingerprint density at radius 1 is 1.00 bits per heavy atom. The van der Waals surface area contributed by atoms with Gasteiger partial charge in [-0.05, 0) is 66.3 Å². The van der Waals surface area contributed by atoms with Crippen molar-refractivity contribution in [3.63, 3.8) is 0 Å². The Hall–Kier alpha value is -2.70. The summed E-state index contributed by atoms with van der Waals surface area (Å²) in [5.74, 6) is 0.600. The number of anilines is 1. The fraction of sp³-hybridized carbons (Fsp3) is 0.143. The van der Waals surface area contributed by atoms with Gasteiger partial charge in [0.1, 0.15) is 5.75 Å². The van der Waals surface area contributed by atoms with Crippen LogP contribution in [0.25, 0.3) is 0 Å². The highest BCUT2D eigenvalue weighted by atomic mass is 32.1. The molecular formula is C21H20N2O2S2. The molecule has 0 aliphatic carbocycles. The van der Waals surface area contributed by atoms with Gasteiger partial charge in [-0.3, -0.25) is 10.1 Å². The Morgan fingerprint density at radius 2 is 1.78 bits per heavy atom. The minimum Gasteiger partial charge on any atom is -0.494 e. The average Bonchev–Trinajstić information content (AvgIpc) is 3.22. The molecule has 1 aromatic heterocycles. The minimum absolute atomic E-state index is 0.208. The van der Waals surface area contributed by atoms with Crippen molar-refractivity contribution < 1.29 is 9.53 Å². The Bertz CT molecular complexity index is 863. The van der Waals surface area contributed by atoms with E-state index in [1.165, 1.54) is 16.9 Å². The molecular weight excluding hydrogens is 376 g/mol. The second-order valence-electron chi connectivity index (χ2n) is 5.85. The summed E-state index contributed by atoms with van der Waals surface area (Å²) in [6, 6.07) is 21.5. The van der Waals surface area contributed by atoms with Crippen LogP contribution in [0, 0.1) is 0 Å². The number of carbonyl (C=O) groups excluding carboxylic acids is 1. The maximum absolute atomic E-state index is 12.0. The van der Waals surface area contributed by atoms with Crippen LogP contribution in [0.5, 0.6) is 5.75 Å². The van der Waals surface area contributed by atoms with E-state index < -0.39 is 0 Å². The van der Waals surface area contributed by atoms with Crippen molar-refractivity contribution >= 4 is 40.3 Å². The molecule has 0 bridgehead atoms. The lowest BCUT2D eigenvalue weighted by Crippen LogP contribution is -2.33. The number of ether oxygens (including phenoxy) is 1. The summed E-state index contributed by atoms with van der Waals surface area (Å²) in [6.07, 6.45) is 1.96. The Kier molecular flexibility index (Phi) is 6.96. The van der Waals surface area contributed by atoms with Gasteiger partial charge in [-0.15, -0.1) is 11.3 Å². The smallest absolute Gasteiger partial charge is 0.267 e. The van der Waals surface area contributed by atoms with Gasteiger partial charge in [0.05, 0.1) is 11.5 Å². The van der Waals surface area contributed by atoms with Crippen molar-refractivity contribution in [1.29, 1.82) is 0 Å². The second kappa shape index (κ2) is 9.85. The molecule has 2 N–H and O–H groups in total. The summed E-state index contributed by atoms with van der Waals surface area (Å²) in [5.41, 5.74) is 2.11. The molecule has 138 valence electrons. The fourth-order valence-electron chi connectivity index (χ4n) is 2.48. The predicted molar refractivity (Wildman–Crippen MR) is 115 cm³/mol. The van der Waals surface area contributed by atoms with E-state index in [9.17, 15) is 4.79 Å². The first-order valence-electron chi connectivity index (χ1n) is 8.63. The van der Waals surface area contributed by atoms with Crippen LogP contribution in [0.15, 0.2) is 72.1 Å². The number of hydrogen-bond donors (Lipinski definition) is 2. The van der Waals surface area contributed by atoms with Crippen molar-refractivity contribution in [2.24, 2.45) is 0 Å². The lowest BCUT2D eigenvalue weighted by molar-refractivity contribution is 0.0981. The van der Waals surface area contributed by atoms with Crippen LogP contribution in [0.2, 0.25) is 0 Å². The van der Waals surface area contributed by atoms with Crippen LogP contribution < -0.4 is 15.4 Å². The molecule has 4 nitrogen and oxygen atoms in total. The van der Waals surface area contributed by atoms with Crippen LogP contribution in [0.1, 0.15) is 21.7 Å². The van der Waals surface area contributed by atoms with Crippen molar-refractivity contribution in [2.45, 2.75) is 12.8 Å². The molecule has 3 aromatic rings.